The van der Waals surface area contributed by atoms with E-state index in [9.17, 15) is 14.4 Å². The second-order valence-electron chi connectivity index (χ2n) is 7.22. The number of carbonyl (C=O) groups excluding carboxylic acids is 3. The summed E-state index contributed by atoms with van der Waals surface area (Å²) in [6.45, 7) is 4.96. The molecule has 2 aromatic rings. The minimum absolute atomic E-state index is 0.143. The van der Waals surface area contributed by atoms with E-state index in [-0.39, 0.29) is 13.0 Å². The Kier molecular flexibility index (Phi) is 6.84. The molecule has 7 heteroatoms. The Bertz CT molecular complexity index is 902. The summed E-state index contributed by atoms with van der Waals surface area (Å²) in [6, 6.07) is 13.9. The highest BCUT2D eigenvalue weighted by Crippen LogP contribution is 2.26. The van der Waals surface area contributed by atoms with Gasteiger partial charge in [-0.15, -0.1) is 0 Å². The Hall–Kier alpha value is -3.19. The first-order valence-electron chi connectivity index (χ1n) is 9.66. The second kappa shape index (κ2) is 9.54. The molecule has 1 heterocycles. The summed E-state index contributed by atoms with van der Waals surface area (Å²) in [5.74, 6) is -1.55. The zero-order valence-corrected chi connectivity index (χ0v) is 17.1. The fourth-order valence-electron chi connectivity index (χ4n) is 3.04. The number of esters is 3. The molecule has 3 rings (SSSR count). The van der Waals surface area contributed by atoms with E-state index in [0.717, 1.165) is 11.1 Å². The number of hydrogen-bond donors (Lipinski definition) is 0. The van der Waals surface area contributed by atoms with Crippen LogP contribution >= 0.6 is 0 Å². The lowest BCUT2D eigenvalue weighted by atomic mass is 10.1. The molecule has 0 amide bonds. The van der Waals surface area contributed by atoms with Gasteiger partial charge in [-0.3, -0.25) is 4.79 Å². The molecule has 1 fully saturated rings. The van der Waals surface area contributed by atoms with Crippen molar-refractivity contribution >= 4 is 17.9 Å². The minimum atomic E-state index is -0.874. The van der Waals surface area contributed by atoms with Crippen LogP contribution in [-0.4, -0.2) is 43.0 Å². The number of benzene rings is 2. The predicted octanol–water partition coefficient (Wildman–Crippen LogP) is 3.36. The molecule has 0 unspecified atom stereocenters. The Morgan fingerprint density at radius 1 is 0.867 bits per heavy atom. The van der Waals surface area contributed by atoms with Gasteiger partial charge in [0, 0.05) is 6.92 Å². The Morgan fingerprint density at radius 3 is 1.93 bits per heavy atom. The van der Waals surface area contributed by atoms with E-state index in [0.29, 0.717) is 11.1 Å². The van der Waals surface area contributed by atoms with E-state index >= 15 is 0 Å². The lowest BCUT2D eigenvalue weighted by Gasteiger charge is -2.18. The average molecular weight is 412 g/mol. The third kappa shape index (κ3) is 5.67. The van der Waals surface area contributed by atoms with Crippen LogP contribution in [0.3, 0.4) is 0 Å². The van der Waals surface area contributed by atoms with Gasteiger partial charge in [0.25, 0.3) is 0 Å². The van der Waals surface area contributed by atoms with Crippen molar-refractivity contribution in [2.45, 2.75) is 45.7 Å². The zero-order chi connectivity index (χ0) is 21.7. The first-order chi connectivity index (χ1) is 14.3. The zero-order valence-electron chi connectivity index (χ0n) is 17.1. The molecule has 7 nitrogen and oxygen atoms in total. The third-order valence-electron chi connectivity index (χ3n) is 4.68. The van der Waals surface area contributed by atoms with Crippen LogP contribution in [0.5, 0.6) is 0 Å². The summed E-state index contributed by atoms with van der Waals surface area (Å²) in [7, 11) is 0. The normalized spacial score (nSPS) is 20.4. The van der Waals surface area contributed by atoms with Gasteiger partial charge in [0.05, 0.1) is 17.5 Å². The summed E-state index contributed by atoms with van der Waals surface area (Å²) in [5, 5.41) is 0. The van der Waals surface area contributed by atoms with Crippen LogP contribution in [0.15, 0.2) is 48.5 Å². The van der Waals surface area contributed by atoms with Crippen molar-refractivity contribution < 1.29 is 33.3 Å². The molecule has 2 aromatic carbocycles. The quantitative estimate of drug-likeness (QED) is 0.531. The van der Waals surface area contributed by atoms with Gasteiger partial charge in [0.1, 0.15) is 18.8 Å². The van der Waals surface area contributed by atoms with Gasteiger partial charge < -0.3 is 18.9 Å². The SMILES string of the molecule is CC(=O)O[C@H]1C[C@H](OC(=O)c2ccc(C)cc2)[C@@H](COC(=O)c2ccc(C)cc2)O1. The van der Waals surface area contributed by atoms with E-state index in [4.69, 9.17) is 18.9 Å². The van der Waals surface area contributed by atoms with Crippen molar-refractivity contribution in [3.63, 3.8) is 0 Å². The topological polar surface area (TPSA) is 88.1 Å². The van der Waals surface area contributed by atoms with Crippen LogP contribution in [0.4, 0.5) is 0 Å². The first-order valence-corrected chi connectivity index (χ1v) is 9.66. The van der Waals surface area contributed by atoms with Crippen molar-refractivity contribution in [2.24, 2.45) is 0 Å². The van der Waals surface area contributed by atoms with Crippen LogP contribution in [0, 0.1) is 13.8 Å². The average Bonchev–Trinajstić information content (AvgIpc) is 3.07. The highest BCUT2D eigenvalue weighted by atomic mass is 16.7. The molecule has 0 saturated carbocycles. The molecule has 0 spiro atoms. The summed E-state index contributed by atoms with van der Waals surface area (Å²) in [6.07, 6.45) is -2.20. The molecular formula is C23H24O7. The summed E-state index contributed by atoms with van der Waals surface area (Å²) >= 11 is 0. The van der Waals surface area contributed by atoms with Crippen LogP contribution < -0.4 is 0 Å². The van der Waals surface area contributed by atoms with E-state index in [1.807, 2.05) is 38.1 Å². The molecular weight excluding hydrogens is 388 g/mol. The standard InChI is InChI=1S/C23H24O7/c1-14-4-8-17(9-5-14)22(25)27-13-20-19(12-21(29-20)28-16(3)24)30-23(26)18-10-6-15(2)7-11-18/h4-11,19-21H,12-13H2,1-3H3/t19-,20+,21+/m0/s1. The van der Waals surface area contributed by atoms with Crippen molar-refractivity contribution in [2.75, 3.05) is 6.61 Å². The number of ether oxygens (including phenoxy) is 4. The smallest absolute Gasteiger partial charge is 0.338 e. The fraction of sp³-hybridized carbons (Fsp3) is 0.348. The van der Waals surface area contributed by atoms with E-state index < -0.39 is 36.4 Å². The van der Waals surface area contributed by atoms with E-state index in [2.05, 4.69) is 0 Å². The highest BCUT2D eigenvalue weighted by molar-refractivity contribution is 5.90. The minimum Gasteiger partial charge on any atom is -0.459 e. The first kappa shape index (κ1) is 21.5. The number of aryl methyl sites for hydroxylation is 2. The van der Waals surface area contributed by atoms with Crippen LogP contribution in [0.25, 0.3) is 0 Å². The lowest BCUT2D eigenvalue weighted by molar-refractivity contribution is -0.175. The van der Waals surface area contributed by atoms with Gasteiger partial charge in [0.2, 0.25) is 6.29 Å². The predicted molar refractivity (Wildman–Crippen MR) is 107 cm³/mol. The molecule has 0 bridgehead atoms. The van der Waals surface area contributed by atoms with E-state index in [1.54, 1.807) is 24.3 Å². The van der Waals surface area contributed by atoms with E-state index in [1.165, 1.54) is 6.92 Å². The van der Waals surface area contributed by atoms with Gasteiger partial charge in [-0.2, -0.15) is 0 Å². The van der Waals surface area contributed by atoms with Gasteiger partial charge in [-0.25, -0.2) is 9.59 Å². The Morgan fingerprint density at radius 2 is 1.40 bits per heavy atom. The molecule has 3 atom stereocenters. The lowest BCUT2D eigenvalue weighted by Crippen LogP contribution is -2.32. The molecule has 0 aliphatic carbocycles. The second-order valence-corrected chi connectivity index (χ2v) is 7.22. The van der Waals surface area contributed by atoms with Gasteiger partial charge in [-0.1, -0.05) is 35.4 Å². The molecule has 1 saturated heterocycles. The van der Waals surface area contributed by atoms with Gasteiger partial charge in [-0.05, 0) is 38.1 Å². The summed E-state index contributed by atoms with van der Waals surface area (Å²) < 4.78 is 21.6. The van der Waals surface area contributed by atoms with Crippen molar-refractivity contribution in [3.8, 4) is 0 Å². The number of carbonyl (C=O) groups is 3. The summed E-state index contributed by atoms with van der Waals surface area (Å²) in [4.78, 5) is 36.0. The number of hydrogen-bond acceptors (Lipinski definition) is 7. The molecule has 1 aliphatic heterocycles. The Labute approximate surface area is 174 Å². The molecule has 1 aliphatic rings. The Balaban J connectivity index is 1.65. The molecule has 0 radical (unpaired) electrons. The maximum atomic E-state index is 12.5. The number of rotatable bonds is 6. The maximum absolute atomic E-state index is 12.5. The van der Waals surface area contributed by atoms with Crippen LogP contribution in [-0.2, 0) is 23.7 Å². The van der Waals surface area contributed by atoms with Crippen LogP contribution in [0.2, 0.25) is 0 Å². The molecule has 0 aromatic heterocycles. The monoisotopic (exact) mass is 412 g/mol. The molecule has 158 valence electrons. The van der Waals surface area contributed by atoms with Gasteiger partial charge in [0.15, 0.2) is 0 Å². The third-order valence-corrected chi connectivity index (χ3v) is 4.68. The van der Waals surface area contributed by atoms with Crippen molar-refractivity contribution in [1.29, 1.82) is 0 Å². The fourth-order valence-corrected chi connectivity index (χ4v) is 3.04. The van der Waals surface area contributed by atoms with Crippen molar-refractivity contribution in [3.05, 3.63) is 70.8 Å². The molecule has 30 heavy (non-hydrogen) atoms. The maximum Gasteiger partial charge on any atom is 0.338 e. The molecule has 0 N–H and O–H groups in total. The van der Waals surface area contributed by atoms with Gasteiger partial charge >= 0.3 is 17.9 Å². The van der Waals surface area contributed by atoms with Crippen molar-refractivity contribution in [1.82, 2.24) is 0 Å². The highest BCUT2D eigenvalue weighted by Gasteiger charge is 2.40. The largest absolute Gasteiger partial charge is 0.459 e. The van der Waals surface area contributed by atoms with Crippen LogP contribution in [0.1, 0.15) is 45.2 Å². The summed E-state index contributed by atoms with van der Waals surface area (Å²) in [5.41, 5.74) is 2.85.